The zero-order valence-electron chi connectivity index (χ0n) is 22.5. The molecule has 1 aliphatic heterocycles. The molecule has 4 aromatic rings. The molecule has 0 unspecified atom stereocenters. The summed E-state index contributed by atoms with van der Waals surface area (Å²) in [6, 6.07) is 20.8. The van der Waals surface area contributed by atoms with Gasteiger partial charge in [0.2, 0.25) is 5.28 Å². The molecule has 1 atom stereocenters. The molecule has 5 nitrogen and oxygen atoms in total. The number of allylic oxidation sites excluding steroid dienone is 1. The molecule has 0 bridgehead atoms. The molecule has 0 saturated heterocycles. The maximum atomic E-state index is 15.0. The first-order valence-corrected chi connectivity index (χ1v) is 16.2. The van der Waals surface area contributed by atoms with Gasteiger partial charge in [-0.3, -0.25) is 0 Å². The second kappa shape index (κ2) is 11.7. The van der Waals surface area contributed by atoms with E-state index in [1.54, 1.807) is 0 Å². The minimum Gasteiger partial charge on any atom is -0.405 e. The molecule has 208 valence electrons. The van der Waals surface area contributed by atoms with Crippen LogP contribution < -0.4 is 15.3 Å². The molecular formula is C30H30Cl3FN4OSi. The van der Waals surface area contributed by atoms with Crippen molar-refractivity contribution in [3.05, 3.63) is 94.2 Å². The highest BCUT2D eigenvalue weighted by molar-refractivity contribution is 6.99. The molecule has 40 heavy (non-hydrogen) atoms. The largest absolute Gasteiger partial charge is 0.405 e. The highest BCUT2D eigenvalue weighted by Gasteiger charge is 2.50. The van der Waals surface area contributed by atoms with E-state index in [9.17, 15) is 0 Å². The van der Waals surface area contributed by atoms with Crippen LogP contribution in [0.25, 0.3) is 10.9 Å². The van der Waals surface area contributed by atoms with Gasteiger partial charge in [-0.25, -0.2) is 14.4 Å². The minimum absolute atomic E-state index is 0.0212. The van der Waals surface area contributed by atoms with Gasteiger partial charge in [0.25, 0.3) is 8.32 Å². The van der Waals surface area contributed by atoms with Gasteiger partial charge in [0.1, 0.15) is 16.5 Å². The van der Waals surface area contributed by atoms with E-state index < -0.39 is 14.1 Å². The number of benzene rings is 2. The number of anilines is 1. The molecule has 0 saturated carbocycles. The molecule has 5 rings (SSSR count). The van der Waals surface area contributed by atoms with Gasteiger partial charge in [-0.05, 0) is 39.9 Å². The number of nitrogens with zero attached hydrogens (tertiary/aromatic N) is 4. The van der Waals surface area contributed by atoms with Crippen molar-refractivity contribution < 1.29 is 8.82 Å². The molecule has 0 amide bonds. The van der Waals surface area contributed by atoms with E-state index in [0.717, 1.165) is 12.8 Å². The Morgan fingerprint density at radius 3 is 2.15 bits per heavy atom. The molecule has 10 heteroatoms. The molecule has 0 spiro atoms. The predicted octanol–water partition coefficient (Wildman–Crippen LogP) is 7.23. The number of fused-ring (bicyclic) bond motifs is 1. The topological polar surface area (TPSA) is 51.1 Å². The molecule has 0 N–H and O–H groups in total. The second-order valence-electron chi connectivity index (χ2n) is 10.9. The van der Waals surface area contributed by atoms with E-state index in [-0.39, 0.29) is 37.6 Å². The number of halogens is 4. The first kappa shape index (κ1) is 29.0. The van der Waals surface area contributed by atoms with Crippen molar-refractivity contribution in [1.29, 1.82) is 0 Å². The third-order valence-electron chi connectivity index (χ3n) is 7.34. The summed E-state index contributed by atoms with van der Waals surface area (Å²) in [7, 11) is -2.81. The molecule has 0 radical (unpaired) electrons. The maximum absolute atomic E-state index is 15.0. The quantitative estimate of drug-likeness (QED) is 0.0992. The van der Waals surface area contributed by atoms with Gasteiger partial charge in [0, 0.05) is 6.54 Å². The van der Waals surface area contributed by atoms with Crippen LogP contribution in [0.3, 0.4) is 0 Å². The number of aromatic nitrogens is 3. The molecule has 2 aromatic carbocycles. The van der Waals surface area contributed by atoms with Crippen molar-refractivity contribution in [2.45, 2.75) is 44.7 Å². The first-order chi connectivity index (χ1) is 19.1. The Morgan fingerprint density at radius 1 is 0.925 bits per heavy atom. The number of hydrogen-bond donors (Lipinski definition) is 0. The lowest BCUT2D eigenvalue weighted by molar-refractivity contribution is 0.282. The number of rotatable bonds is 6. The van der Waals surface area contributed by atoms with Crippen LogP contribution in [-0.4, -0.2) is 42.5 Å². The van der Waals surface area contributed by atoms with Crippen LogP contribution in [0, 0.1) is 5.82 Å². The lowest BCUT2D eigenvalue weighted by Crippen LogP contribution is -2.67. The normalized spacial score (nSPS) is 16.4. The lowest BCUT2D eigenvalue weighted by atomic mass is 10.2. The highest BCUT2D eigenvalue weighted by Crippen LogP contribution is 2.39. The van der Waals surface area contributed by atoms with Crippen LogP contribution in [0.5, 0.6) is 0 Å². The van der Waals surface area contributed by atoms with Crippen molar-refractivity contribution in [2.75, 3.05) is 18.1 Å². The number of hydrogen-bond acceptors (Lipinski definition) is 5. The van der Waals surface area contributed by atoms with Gasteiger partial charge in [-0.2, -0.15) is 4.98 Å². The van der Waals surface area contributed by atoms with E-state index in [4.69, 9.17) is 39.2 Å². The van der Waals surface area contributed by atoms with Gasteiger partial charge >= 0.3 is 0 Å². The van der Waals surface area contributed by atoms with Crippen molar-refractivity contribution >= 4 is 70.2 Å². The van der Waals surface area contributed by atoms with E-state index in [2.05, 4.69) is 101 Å². The van der Waals surface area contributed by atoms with Crippen LogP contribution in [0.15, 0.2) is 72.8 Å². The molecule has 3 heterocycles. The van der Waals surface area contributed by atoms with E-state index in [1.807, 2.05) is 12.1 Å². The van der Waals surface area contributed by atoms with Crippen molar-refractivity contribution in [3.63, 3.8) is 0 Å². The van der Waals surface area contributed by atoms with E-state index in [0.29, 0.717) is 19.0 Å². The Labute approximate surface area is 250 Å². The molecule has 1 aliphatic rings. The van der Waals surface area contributed by atoms with Crippen LogP contribution >= 0.6 is 34.8 Å². The zero-order chi connectivity index (χ0) is 28.5. The molecule has 0 aliphatic carbocycles. The summed E-state index contributed by atoms with van der Waals surface area (Å²) in [6.07, 6.45) is 6.02. The predicted molar refractivity (Wildman–Crippen MR) is 165 cm³/mol. The number of pyridine rings is 1. The summed E-state index contributed by atoms with van der Waals surface area (Å²) in [6.45, 7) is 7.74. The van der Waals surface area contributed by atoms with Gasteiger partial charge in [0.15, 0.2) is 11.0 Å². The van der Waals surface area contributed by atoms with Crippen molar-refractivity contribution in [2.24, 2.45) is 0 Å². The Bertz CT molecular complexity index is 1490. The molecule has 2 aromatic heterocycles. The maximum Gasteiger partial charge on any atom is 0.261 e. The average molecular weight is 616 g/mol. The average Bonchev–Trinajstić information content (AvgIpc) is 3.17. The summed E-state index contributed by atoms with van der Waals surface area (Å²) in [5.41, 5.74) is -0.0557. The fourth-order valence-corrected chi connectivity index (χ4v) is 10.8. The van der Waals surface area contributed by atoms with Gasteiger partial charge in [0.05, 0.1) is 18.0 Å². The minimum atomic E-state index is -2.81. The summed E-state index contributed by atoms with van der Waals surface area (Å²) in [4.78, 5) is 14.7. The SMILES string of the molecule is CC(C)(C)[Si](OC[C@@H]1C=CCCCN1c1nc(Cl)nc2c(F)c(Cl)nc(Cl)c12)(c1ccccc1)c1ccccc1. The van der Waals surface area contributed by atoms with Crippen LogP contribution in [0.4, 0.5) is 10.2 Å². The van der Waals surface area contributed by atoms with Crippen LogP contribution in [0.1, 0.15) is 33.6 Å². The van der Waals surface area contributed by atoms with Crippen LogP contribution in [-0.2, 0) is 4.43 Å². The van der Waals surface area contributed by atoms with Crippen molar-refractivity contribution in [3.8, 4) is 0 Å². The van der Waals surface area contributed by atoms with E-state index in [1.165, 1.54) is 10.4 Å². The van der Waals surface area contributed by atoms with E-state index >= 15 is 4.39 Å². The third-order valence-corrected chi connectivity index (χ3v) is 13.0. The summed E-state index contributed by atoms with van der Waals surface area (Å²) in [5.74, 6) is -0.372. The third kappa shape index (κ3) is 5.38. The zero-order valence-corrected chi connectivity index (χ0v) is 25.8. The Hall–Kier alpha value is -2.55. The fourth-order valence-electron chi connectivity index (χ4n) is 5.55. The van der Waals surface area contributed by atoms with Gasteiger partial charge < -0.3 is 9.33 Å². The van der Waals surface area contributed by atoms with Gasteiger partial charge in [-0.1, -0.05) is 117 Å². The lowest BCUT2D eigenvalue weighted by Gasteiger charge is -2.44. The monoisotopic (exact) mass is 614 g/mol. The summed E-state index contributed by atoms with van der Waals surface area (Å²) in [5, 5.41) is 2.04. The highest BCUT2D eigenvalue weighted by atomic mass is 35.5. The Kier molecular flexibility index (Phi) is 8.50. The first-order valence-electron chi connectivity index (χ1n) is 13.2. The van der Waals surface area contributed by atoms with Crippen LogP contribution in [0.2, 0.25) is 20.6 Å². The molecule has 0 fully saturated rings. The van der Waals surface area contributed by atoms with Gasteiger partial charge in [-0.15, -0.1) is 0 Å². The summed E-state index contributed by atoms with van der Waals surface area (Å²) >= 11 is 18.8. The fraction of sp³-hybridized carbons (Fsp3) is 0.300. The van der Waals surface area contributed by atoms with Crippen molar-refractivity contribution in [1.82, 2.24) is 15.0 Å². The molecular weight excluding hydrogens is 586 g/mol. The summed E-state index contributed by atoms with van der Waals surface area (Å²) < 4.78 is 22.3. The Morgan fingerprint density at radius 2 is 1.55 bits per heavy atom. The Balaban J connectivity index is 1.62. The second-order valence-corrected chi connectivity index (χ2v) is 16.2. The standard InChI is InChI=1S/C30H30Cl3FN4OSi/c1-30(2,3)40(21-14-8-4-9-15-21,22-16-10-5-11-17-22)39-19-20-13-7-6-12-18-38(20)28-23-25(35-29(33)37-28)24(34)27(32)36-26(23)31/h4-5,7-11,13-17,20H,6,12,18-19H2,1-3H3/t20-/m0/s1. The smallest absolute Gasteiger partial charge is 0.261 e.